The van der Waals surface area contributed by atoms with Gasteiger partial charge >= 0.3 is 0 Å². The molecular formula is C26H23F2N3O3. The maximum Gasteiger partial charge on any atom is 0.255 e. The Hall–Kier alpha value is -4.20. The first-order valence-electron chi connectivity index (χ1n) is 10.5. The average molecular weight is 463 g/mol. The Morgan fingerprint density at radius 1 is 1.00 bits per heavy atom. The molecule has 0 spiro atoms. The van der Waals surface area contributed by atoms with Gasteiger partial charge in [-0.1, -0.05) is 24.3 Å². The van der Waals surface area contributed by atoms with Crippen LogP contribution < -0.4 is 14.8 Å². The summed E-state index contributed by atoms with van der Waals surface area (Å²) in [5.74, 6) is -0.812. The zero-order chi connectivity index (χ0) is 24.2. The highest BCUT2D eigenvalue weighted by Gasteiger charge is 2.24. The number of aromatic nitrogens is 2. The summed E-state index contributed by atoms with van der Waals surface area (Å²) in [6.07, 6.45) is 1.61. The maximum absolute atomic E-state index is 14.3. The van der Waals surface area contributed by atoms with Crippen LogP contribution in [0.1, 0.15) is 28.9 Å². The number of benzene rings is 3. The summed E-state index contributed by atoms with van der Waals surface area (Å²) in [5, 5.41) is 7.44. The lowest BCUT2D eigenvalue weighted by molar-refractivity contribution is 0.0940. The van der Waals surface area contributed by atoms with Gasteiger partial charge in [-0.25, -0.2) is 13.5 Å². The van der Waals surface area contributed by atoms with Crippen LogP contribution in [0.3, 0.4) is 0 Å². The SMILES string of the molecule is COc1ccc(-c2nn(-c3ccccc3)cc2C(=O)NC(C)c2ccc(F)cc2F)c(OC)c1. The lowest BCUT2D eigenvalue weighted by Crippen LogP contribution is -2.27. The van der Waals surface area contributed by atoms with Gasteiger partial charge in [0.15, 0.2) is 0 Å². The fraction of sp³-hybridized carbons (Fsp3) is 0.154. The van der Waals surface area contributed by atoms with Crippen molar-refractivity contribution in [3.05, 3.63) is 95.7 Å². The fourth-order valence-corrected chi connectivity index (χ4v) is 3.65. The zero-order valence-corrected chi connectivity index (χ0v) is 18.9. The van der Waals surface area contributed by atoms with Crippen LogP contribution in [0.5, 0.6) is 11.5 Å². The lowest BCUT2D eigenvalue weighted by atomic mass is 10.0. The number of hydrogen-bond acceptors (Lipinski definition) is 4. The van der Waals surface area contributed by atoms with E-state index < -0.39 is 23.6 Å². The van der Waals surface area contributed by atoms with Gasteiger partial charge in [-0.2, -0.15) is 5.10 Å². The first kappa shape index (κ1) is 23.0. The number of hydrogen-bond donors (Lipinski definition) is 1. The minimum absolute atomic E-state index is 0.175. The van der Waals surface area contributed by atoms with Gasteiger partial charge in [-0.3, -0.25) is 4.79 Å². The highest BCUT2D eigenvalue weighted by Crippen LogP contribution is 2.35. The van der Waals surface area contributed by atoms with Crippen molar-refractivity contribution >= 4 is 5.91 Å². The Balaban J connectivity index is 1.76. The van der Waals surface area contributed by atoms with Gasteiger partial charge in [0, 0.05) is 29.5 Å². The molecule has 4 rings (SSSR count). The number of nitrogens with one attached hydrogen (secondary N) is 1. The Morgan fingerprint density at radius 2 is 1.76 bits per heavy atom. The van der Waals surface area contributed by atoms with Gasteiger partial charge in [0.25, 0.3) is 5.91 Å². The van der Waals surface area contributed by atoms with E-state index in [4.69, 9.17) is 9.47 Å². The Kier molecular flexibility index (Phi) is 6.58. The Bertz CT molecular complexity index is 1320. The number of halogens is 2. The molecule has 1 N–H and O–H groups in total. The monoisotopic (exact) mass is 463 g/mol. The Morgan fingerprint density at radius 3 is 2.44 bits per heavy atom. The molecule has 0 aliphatic heterocycles. The molecule has 1 aromatic heterocycles. The maximum atomic E-state index is 14.3. The highest BCUT2D eigenvalue weighted by molar-refractivity contribution is 6.00. The van der Waals surface area contributed by atoms with Crippen LogP contribution in [0.25, 0.3) is 16.9 Å². The summed E-state index contributed by atoms with van der Waals surface area (Å²) in [7, 11) is 3.07. The quantitative estimate of drug-likeness (QED) is 0.403. The second-order valence-electron chi connectivity index (χ2n) is 7.60. The summed E-state index contributed by atoms with van der Waals surface area (Å²) in [6.45, 7) is 1.63. The number of amides is 1. The second kappa shape index (κ2) is 9.74. The zero-order valence-electron chi connectivity index (χ0n) is 18.9. The smallest absolute Gasteiger partial charge is 0.255 e. The molecule has 34 heavy (non-hydrogen) atoms. The van der Waals surface area contributed by atoms with Crippen molar-refractivity contribution in [3.63, 3.8) is 0 Å². The molecule has 0 saturated carbocycles. The van der Waals surface area contributed by atoms with E-state index in [9.17, 15) is 13.6 Å². The predicted octanol–water partition coefficient (Wildman–Crippen LogP) is 5.33. The van der Waals surface area contributed by atoms with E-state index in [1.807, 2.05) is 30.3 Å². The third-order valence-electron chi connectivity index (χ3n) is 5.42. The number of para-hydroxylation sites is 1. The average Bonchev–Trinajstić information content (AvgIpc) is 3.29. The second-order valence-corrected chi connectivity index (χ2v) is 7.60. The van der Waals surface area contributed by atoms with Crippen molar-refractivity contribution in [1.29, 1.82) is 0 Å². The van der Waals surface area contributed by atoms with Crippen molar-refractivity contribution in [3.8, 4) is 28.4 Å². The first-order valence-corrected chi connectivity index (χ1v) is 10.5. The molecule has 0 fully saturated rings. The van der Waals surface area contributed by atoms with Crippen LogP contribution in [0.2, 0.25) is 0 Å². The normalized spacial score (nSPS) is 11.7. The summed E-state index contributed by atoms with van der Waals surface area (Å²) in [5.41, 5.74) is 2.17. The largest absolute Gasteiger partial charge is 0.497 e. The molecule has 1 unspecified atom stereocenters. The van der Waals surface area contributed by atoms with E-state index in [-0.39, 0.29) is 11.1 Å². The molecule has 8 heteroatoms. The predicted molar refractivity (Wildman–Crippen MR) is 124 cm³/mol. The topological polar surface area (TPSA) is 65.4 Å². The van der Waals surface area contributed by atoms with Crippen LogP contribution in [0.15, 0.2) is 72.9 Å². The van der Waals surface area contributed by atoms with Crippen molar-refractivity contribution < 1.29 is 23.0 Å². The fourth-order valence-electron chi connectivity index (χ4n) is 3.65. The molecule has 6 nitrogen and oxygen atoms in total. The van der Waals surface area contributed by atoms with Crippen LogP contribution in [-0.4, -0.2) is 29.9 Å². The van der Waals surface area contributed by atoms with Crippen molar-refractivity contribution in [1.82, 2.24) is 15.1 Å². The van der Waals surface area contributed by atoms with E-state index >= 15 is 0 Å². The van der Waals surface area contributed by atoms with Gasteiger partial charge in [-0.15, -0.1) is 0 Å². The van der Waals surface area contributed by atoms with E-state index in [0.29, 0.717) is 22.8 Å². The van der Waals surface area contributed by atoms with Gasteiger partial charge in [0.1, 0.15) is 28.8 Å². The molecule has 1 heterocycles. The number of carbonyl (C=O) groups excluding carboxylic acids is 1. The number of nitrogens with zero attached hydrogens (tertiary/aromatic N) is 2. The molecule has 0 radical (unpaired) electrons. The molecule has 0 bridgehead atoms. The van der Waals surface area contributed by atoms with E-state index in [2.05, 4.69) is 10.4 Å². The van der Waals surface area contributed by atoms with Gasteiger partial charge in [0.05, 0.1) is 31.5 Å². The summed E-state index contributed by atoms with van der Waals surface area (Å²) in [6, 6.07) is 17.1. The molecule has 1 amide bonds. The molecule has 1 atom stereocenters. The van der Waals surface area contributed by atoms with E-state index in [1.54, 1.807) is 43.1 Å². The standard InChI is InChI=1S/C26H23F2N3O3/c1-16(20-11-9-17(27)13-23(20)28)29-26(32)22-15-31(18-7-5-4-6-8-18)30-25(22)21-12-10-19(33-2)14-24(21)34-3/h4-16H,1-3H3,(H,29,32). The highest BCUT2D eigenvalue weighted by atomic mass is 19.1. The van der Waals surface area contributed by atoms with E-state index in [0.717, 1.165) is 17.8 Å². The van der Waals surface area contributed by atoms with Crippen LogP contribution in [-0.2, 0) is 0 Å². The van der Waals surface area contributed by atoms with Crippen molar-refractivity contribution in [2.24, 2.45) is 0 Å². The van der Waals surface area contributed by atoms with Crippen LogP contribution >= 0.6 is 0 Å². The number of carbonyl (C=O) groups is 1. The van der Waals surface area contributed by atoms with Crippen LogP contribution in [0.4, 0.5) is 8.78 Å². The summed E-state index contributed by atoms with van der Waals surface area (Å²) in [4.78, 5) is 13.3. The van der Waals surface area contributed by atoms with Gasteiger partial charge < -0.3 is 14.8 Å². The molecule has 4 aromatic rings. The summed E-state index contributed by atoms with van der Waals surface area (Å²) >= 11 is 0. The summed E-state index contributed by atoms with van der Waals surface area (Å²) < 4.78 is 40.0. The molecule has 0 aliphatic carbocycles. The number of ether oxygens (including phenoxy) is 2. The molecule has 0 saturated heterocycles. The van der Waals surface area contributed by atoms with Crippen molar-refractivity contribution in [2.75, 3.05) is 14.2 Å². The number of rotatable bonds is 7. The Labute approximate surface area is 195 Å². The van der Waals surface area contributed by atoms with Gasteiger partial charge in [-0.05, 0) is 37.3 Å². The minimum atomic E-state index is -0.732. The third-order valence-corrected chi connectivity index (χ3v) is 5.42. The van der Waals surface area contributed by atoms with Gasteiger partial charge in [0.2, 0.25) is 0 Å². The van der Waals surface area contributed by atoms with E-state index in [1.165, 1.54) is 13.2 Å². The lowest BCUT2D eigenvalue weighted by Gasteiger charge is -2.15. The molecule has 0 aliphatic rings. The van der Waals surface area contributed by atoms with Crippen LogP contribution in [0, 0.1) is 11.6 Å². The minimum Gasteiger partial charge on any atom is -0.497 e. The molecular weight excluding hydrogens is 440 g/mol. The third kappa shape index (κ3) is 4.61. The first-order chi connectivity index (χ1) is 16.4. The van der Waals surface area contributed by atoms with Crippen molar-refractivity contribution in [2.45, 2.75) is 13.0 Å². The molecule has 3 aromatic carbocycles. The molecule has 174 valence electrons. The number of methoxy groups -OCH3 is 2.